The Kier molecular flexibility index (Phi) is 4.02. The van der Waals surface area contributed by atoms with Crippen LogP contribution in [0.2, 0.25) is 0 Å². The highest BCUT2D eigenvalue weighted by Gasteiger charge is 2.23. The van der Waals surface area contributed by atoms with Gasteiger partial charge in [0.15, 0.2) is 0 Å². The maximum Gasteiger partial charge on any atom is 0.123 e. The lowest BCUT2D eigenvalue weighted by Crippen LogP contribution is -2.33. The van der Waals surface area contributed by atoms with Crippen molar-refractivity contribution in [1.82, 2.24) is 4.90 Å². The van der Waals surface area contributed by atoms with E-state index in [9.17, 15) is 0 Å². The van der Waals surface area contributed by atoms with Gasteiger partial charge in [-0.1, -0.05) is 17.7 Å². The van der Waals surface area contributed by atoms with E-state index in [-0.39, 0.29) is 0 Å². The van der Waals surface area contributed by atoms with Crippen LogP contribution in [-0.4, -0.2) is 37.7 Å². The van der Waals surface area contributed by atoms with Gasteiger partial charge >= 0.3 is 0 Å². The van der Waals surface area contributed by atoms with Gasteiger partial charge in [0.2, 0.25) is 0 Å². The Hall–Kier alpha value is -1.06. The van der Waals surface area contributed by atoms with Gasteiger partial charge in [-0.2, -0.15) is 0 Å². The van der Waals surface area contributed by atoms with Gasteiger partial charge in [-0.15, -0.1) is 0 Å². The van der Waals surface area contributed by atoms with Crippen LogP contribution >= 0.6 is 0 Å². The second kappa shape index (κ2) is 5.52. The fraction of sp³-hybridized carbons (Fsp3) is 0.571. The predicted octanol–water partition coefficient (Wildman–Crippen LogP) is 1.58. The molecule has 17 heavy (non-hydrogen) atoms. The summed E-state index contributed by atoms with van der Waals surface area (Å²) in [7, 11) is 2.13. The molecule has 1 unspecified atom stereocenters. The fourth-order valence-corrected chi connectivity index (χ4v) is 2.35. The number of rotatable bonds is 5. The molecule has 0 aromatic heterocycles. The van der Waals surface area contributed by atoms with Crippen LogP contribution in [0.25, 0.3) is 0 Å². The fourth-order valence-electron chi connectivity index (χ4n) is 2.35. The van der Waals surface area contributed by atoms with E-state index in [1.807, 2.05) is 0 Å². The van der Waals surface area contributed by atoms with E-state index in [1.54, 1.807) is 0 Å². The zero-order chi connectivity index (χ0) is 12.3. The molecule has 3 heteroatoms. The van der Waals surface area contributed by atoms with Crippen molar-refractivity contribution in [2.45, 2.75) is 25.9 Å². The van der Waals surface area contributed by atoms with E-state index in [1.165, 1.54) is 11.1 Å². The van der Waals surface area contributed by atoms with Crippen LogP contribution in [0.4, 0.5) is 0 Å². The molecule has 2 rings (SSSR count). The van der Waals surface area contributed by atoms with Crippen LogP contribution in [0.1, 0.15) is 17.5 Å². The molecule has 0 spiro atoms. The van der Waals surface area contributed by atoms with Crippen LogP contribution < -0.4 is 10.5 Å². The van der Waals surface area contributed by atoms with Crippen molar-refractivity contribution >= 4 is 0 Å². The number of nitrogens with zero attached hydrogens (tertiary/aromatic N) is 1. The van der Waals surface area contributed by atoms with Crippen molar-refractivity contribution in [2.75, 3.05) is 26.7 Å². The van der Waals surface area contributed by atoms with Crippen molar-refractivity contribution in [3.05, 3.63) is 29.3 Å². The zero-order valence-electron chi connectivity index (χ0n) is 10.8. The Morgan fingerprint density at radius 2 is 2.29 bits per heavy atom. The van der Waals surface area contributed by atoms with Gasteiger partial charge in [-0.3, -0.25) is 0 Å². The van der Waals surface area contributed by atoms with Crippen LogP contribution in [0.5, 0.6) is 5.75 Å². The van der Waals surface area contributed by atoms with Crippen molar-refractivity contribution in [3.8, 4) is 5.75 Å². The zero-order valence-corrected chi connectivity index (χ0v) is 10.8. The summed E-state index contributed by atoms with van der Waals surface area (Å²) in [4.78, 5) is 2.30. The van der Waals surface area contributed by atoms with Crippen molar-refractivity contribution in [2.24, 2.45) is 5.73 Å². The van der Waals surface area contributed by atoms with Crippen molar-refractivity contribution in [1.29, 1.82) is 0 Å². The lowest BCUT2D eigenvalue weighted by atomic mass is 10.1. The summed E-state index contributed by atoms with van der Waals surface area (Å²) in [5.74, 6) is 1.06. The minimum absolute atomic E-state index is 0.301. The molecule has 1 aliphatic rings. The first kappa shape index (κ1) is 12.4. The van der Waals surface area contributed by atoms with Crippen LogP contribution in [0.3, 0.4) is 0 Å². The highest BCUT2D eigenvalue weighted by Crippen LogP contribution is 2.29. The highest BCUT2D eigenvalue weighted by molar-refractivity contribution is 5.40. The summed E-state index contributed by atoms with van der Waals surface area (Å²) >= 11 is 0. The Morgan fingerprint density at radius 3 is 3.06 bits per heavy atom. The predicted molar refractivity (Wildman–Crippen MR) is 70.5 cm³/mol. The minimum Gasteiger partial charge on any atom is -0.488 e. The molecule has 0 saturated heterocycles. The first-order valence-corrected chi connectivity index (χ1v) is 6.34. The third-order valence-corrected chi connectivity index (χ3v) is 3.22. The van der Waals surface area contributed by atoms with Crippen molar-refractivity contribution < 1.29 is 4.74 Å². The number of benzene rings is 1. The van der Waals surface area contributed by atoms with Gasteiger partial charge in [-0.05, 0) is 45.1 Å². The van der Waals surface area contributed by atoms with Crippen LogP contribution in [0, 0.1) is 6.92 Å². The molecule has 1 aromatic carbocycles. The molecule has 0 fully saturated rings. The number of hydrogen-bond acceptors (Lipinski definition) is 3. The lowest BCUT2D eigenvalue weighted by Gasteiger charge is -2.20. The molecular formula is C14H22N2O. The summed E-state index contributed by atoms with van der Waals surface area (Å²) < 4.78 is 5.94. The summed E-state index contributed by atoms with van der Waals surface area (Å²) in [5, 5.41) is 0. The van der Waals surface area contributed by atoms with E-state index in [0.29, 0.717) is 6.10 Å². The quantitative estimate of drug-likeness (QED) is 0.840. The molecule has 0 aliphatic carbocycles. The van der Waals surface area contributed by atoms with Gasteiger partial charge < -0.3 is 15.4 Å². The standard InChI is InChI=1S/C14H22N2O/c1-11-4-5-14-12(8-11)9-13(17-14)10-16(2)7-3-6-15/h4-5,8,13H,3,6-7,9-10,15H2,1-2H3. The Labute approximate surface area is 104 Å². The van der Waals surface area contributed by atoms with Gasteiger partial charge in [0.05, 0.1) is 0 Å². The van der Waals surface area contributed by atoms with Crippen molar-refractivity contribution in [3.63, 3.8) is 0 Å². The summed E-state index contributed by atoms with van der Waals surface area (Å²) in [6.07, 6.45) is 2.38. The SMILES string of the molecule is Cc1ccc2c(c1)CC(CN(C)CCCN)O2. The maximum atomic E-state index is 5.94. The molecule has 0 amide bonds. The Morgan fingerprint density at radius 1 is 1.47 bits per heavy atom. The number of hydrogen-bond donors (Lipinski definition) is 1. The van der Waals surface area contributed by atoms with Gasteiger partial charge in [0.25, 0.3) is 0 Å². The molecule has 1 heterocycles. The average Bonchev–Trinajstić information content (AvgIpc) is 2.67. The van der Waals surface area contributed by atoms with E-state index >= 15 is 0 Å². The average molecular weight is 234 g/mol. The van der Waals surface area contributed by atoms with Crippen LogP contribution in [-0.2, 0) is 6.42 Å². The number of nitrogens with two attached hydrogens (primary N) is 1. The number of likely N-dealkylation sites (N-methyl/N-ethyl adjacent to an activating group) is 1. The molecule has 3 nitrogen and oxygen atoms in total. The molecular weight excluding hydrogens is 212 g/mol. The lowest BCUT2D eigenvalue weighted by molar-refractivity contribution is 0.168. The Bertz CT molecular complexity index is 378. The second-order valence-corrected chi connectivity index (χ2v) is 4.96. The first-order chi connectivity index (χ1) is 8.19. The van der Waals surface area contributed by atoms with E-state index < -0.39 is 0 Å². The van der Waals surface area contributed by atoms with Crippen LogP contribution in [0.15, 0.2) is 18.2 Å². The number of fused-ring (bicyclic) bond motifs is 1. The summed E-state index contributed by atoms with van der Waals surface area (Å²) in [6, 6.07) is 6.43. The van der Waals surface area contributed by atoms with E-state index in [0.717, 1.165) is 38.2 Å². The number of aryl methyl sites for hydroxylation is 1. The smallest absolute Gasteiger partial charge is 0.123 e. The van der Waals surface area contributed by atoms with Gasteiger partial charge in [0.1, 0.15) is 11.9 Å². The molecule has 1 aliphatic heterocycles. The van der Waals surface area contributed by atoms with Gasteiger partial charge in [-0.25, -0.2) is 0 Å². The van der Waals surface area contributed by atoms with Gasteiger partial charge in [0, 0.05) is 13.0 Å². The minimum atomic E-state index is 0.301. The monoisotopic (exact) mass is 234 g/mol. The van der Waals surface area contributed by atoms with E-state index in [2.05, 4.69) is 37.1 Å². The first-order valence-electron chi connectivity index (χ1n) is 6.34. The molecule has 0 saturated carbocycles. The molecule has 2 N–H and O–H groups in total. The Balaban J connectivity index is 1.87. The third-order valence-electron chi connectivity index (χ3n) is 3.22. The maximum absolute atomic E-state index is 5.94. The third kappa shape index (κ3) is 3.20. The molecule has 0 bridgehead atoms. The normalized spacial score (nSPS) is 18.2. The second-order valence-electron chi connectivity index (χ2n) is 4.96. The topological polar surface area (TPSA) is 38.5 Å². The molecule has 1 atom stereocenters. The molecule has 0 radical (unpaired) electrons. The molecule has 1 aromatic rings. The number of ether oxygens (including phenoxy) is 1. The largest absolute Gasteiger partial charge is 0.488 e. The molecule has 94 valence electrons. The summed E-state index contributed by atoms with van der Waals surface area (Å²) in [5.41, 5.74) is 8.17. The van der Waals surface area contributed by atoms with E-state index in [4.69, 9.17) is 10.5 Å². The highest BCUT2D eigenvalue weighted by atomic mass is 16.5. The summed E-state index contributed by atoms with van der Waals surface area (Å²) in [6.45, 7) is 4.91.